The van der Waals surface area contributed by atoms with E-state index in [1.807, 2.05) is 6.92 Å². The van der Waals surface area contributed by atoms with Gasteiger partial charge in [-0.2, -0.15) is 0 Å². The minimum Gasteiger partial charge on any atom is -0.463 e. The third-order valence-corrected chi connectivity index (χ3v) is 1.86. The highest BCUT2D eigenvalue weighted by Crippen LogP contribution is 2.15. The molecule has 0 aliphatic rings. The van der Waals surface area contributed by atoms with E-state index in [9.17, 15) is 18.4 Å². The fraction of sp³-hybridized carbons (Fsp3) is 0.231. The van der Waals surface area contributed by atoms with Gasteiger partial charge < -0.3 is 9.47 Å². The molecule has 0 fully saturated rings. The Morgan fingerprint density at radius 2 is 1.68 bits per heavy atom. The van der Waals surface area contributed by atoms with Gasteiger partial charge in [-0.1, -0.05) is 6.92 Å². The molecule has 0 bridgehead atoms. The van der Waals surface area contributed by atoms with Gasteiger partial charge >= 0.3 is 11.9 Å². The number of rotatable bonds is 5. The molecule has 19 heavy (non-hydrogen) atoms. The largest absolute Gasteiger partial charge is 0.463 e. The van der Waals surface area contributed by atoms with Crippen molar-refractivity contribution in [3.63, 3.8) is 0 Å². The number of benzene rings is 1. The van der Waals surface area contributed by atoms with Crippen LogP contribution in [0, 0.1) is 11.6 Å². The number of carbonyl (C=O) groups is 2. The summed E-state index contributed by atoms with van der Waals surface area (Å²) < 4.78 is 34.9. The van der Waals surface area contributed by atoms with E-state index in [-0.39, 0.29) is 12.4 Å². The summed E-state index contributed by atoms with van der Waals surface area (Å²) in [5.74, 6) is -3.64. The zero-order valence-corrected chi connectivity index (χ0v) is 10.2. The highest BCUT2D eigenvalue weighted by Gasteiger charge is 2.06. The molecule has 0 unspecified atom stereocenters. The van der Waals surface area contributed by atoms with Gasteiger partial charge in [0.1, 0.15) is 17.4 Å². The van der Waals surface area contributed by atoms with Crippen molar-refractivity contribution in [2.24, 2.45) is 0 Å². The van der Waals surface area contributed by atoms with Crippen LogP contribution >= 0.6 is 0 Å². The van der Waals surface area contributed by atoms with E-state index in [1.54, 1.807) is 0 Å². The summed E-state index contributed by atoms with van der Waals surface area (Å²) >= 11 is 0. The van der Waals surface area contributed by atoms with Crippen LogP contribution < -0.4 is 4.74 Å². The van der Waals surface area contributed by atoms with Crippen molar-refractivity contribution in [2.45, 2.75) is 13.3 Å². The summed E-state index contributed by atoms with van der Waals surface area (Å²) in [4.78, 5) is 22.3. The standard InChI is InChI=1S/C13H12F2O4/c1-2-5-18-12(16)3-4-13(17)19-11-7-9(14)6-10(15)8-11/h3-4,6-8H,2,5H2,1H3/b4-3+. The summed E-state index contributed by atoms with van der Waals surface area (Å²) in [6.07, 6.45) is 2.36. The van der Waals surface area contributed by atoms with E-state index in [0.717, 1.165) is 24.3 Å². The van der Waals surface area contributed by atoms with Gasteiger partial charge in [-0.25, -0.2) is 18.4 Å². The Hall–Kier alpha value is -2.24. The van der Waals surface area contributed by atoms with Crippen LogP contribution in [0.4, 0.5) is 8.78 Å². The predicted molar refractivity (Wildman–Crippen MR) is 62.4 cm³/mol. The molecule has 0 aliphatic carbocycles. The second-order valence-electron chi connectivity index (χ2n) is 3.53. The second-order valence-corrected chi connectivity index (χ2v) is 3.53. The molecular weight excluding hydrogens is 258 g/mol. The molecule has 1 aromatic carbocycles. The van der Waals surface area contributed by atoms with Gasteiger partial charge in [0.25, 0.3) is 0 Å². The molecule has 0 saturated heterocycles. The second kappa shape index (κ2) is 7.25. The molecule has 4 nitrogen and oxygen atoms in total. The molecule has 0 amide bonds. The summed E-state index contributed by atoms with van der Waals surface area (Å²) in [5.41, 5.74) is 0. The number of hydrogen-bond donors (Lipinski definition) is 0. The molecule has 0 aliphatic heterocycles. The van der Waals surface area contributed by atoms with Crippen LogP contribution in [0.2, 0.25) is 0 Å². The first kappa shape index (κ1) is 14.8. The zero-order valence-electron chi connectivity index (χ0n) is 10.2. The molecule has 0 heterocycles. The first-order valence-corrected chi connectivity index (χ1v) is 5.54. The maximum Gasteiger partial charge on any atom is 0.336 e. The Kier molecular flexibility index (Phi) is 5.66. The third-order valence-electron chi connectivity index (χ3n) is 1.86. The van der Waals surface area contributed by atoms with Crippen LogP contribution in [-0.4, -0.2) is 18.5 Å². The van der Waals surface area contributed by atoms with Crippen LogP contribution in [0.5, 0.6) is 5.75 Å². The van der Waals surface area contributed by atoms with Crippen molar-refractivity contribution in [1.29, 1.82) is 0 Å². The highest BCUT2D eigenvalue weighted by molar-refractivity contribution is 5.92. The molecule has 0 saturated carbocycles. The van der Waals surface area contributed by atoms with Crippen molar-refractivity contribution >= 4 is 11.9 Å². The van der Waals surface area contributed by atoms with Gasteiger partial charge in [-0.15, -0.1) is 0 Å². The lowest BCUT2D eigenvalue weighted by molar-refractivity contribution is -0.138. The van der Waals surface area contributed by atoms with Gasteiger partial charge in [0.15, 0.2) is 0 Å². The lowest BCUT2D eigenvalue weighted by Gasteiger charge is -2.01. The van der Waals surface area contributed by atoms with E-state index in [1.165, 1.54) is 0 Å². The first-order valence-electron chi connectivity index (χ1n) is 5.54. The van der Waals surface area contributed by atoms with E-state index >= 15 is 0 Å². The number of esters is 2. The fourth-order valence-corrected chi connectivity index (χ4v) is 1.12. The smallest absolute Gasteiger partial charge is 0.336 e. The number of ether oxygens (including phenoxy) is 2. The molecule has 0 atom stereocenters. The van der Waals surface area contributed by atoms with Crippen LogP contribution in [-0.2, 0) is 14.3 Å². The minimum atomic E-state index is -0.932. The lowest BCUT2D eigenvalue weighted by Crippen LogP contribution is -2.07. The first-order chi connectivity index (χ1) is 9.01. The Morgan fingerprint density at radius 1 is 1.11 bits per heavy atom. The van der Waals surface area contributed by atoms with Crippen LogP contribution in [0.15, 0.2) is 30.4 Å². The molecule has 0 aromatic heterocycles. The molecule has 1 rings (SSSR count). The van der Waals surface area contributed by atoms with Crippen LogP contribution in [0.25, 0.3) is 0 Å². The van der Waals surface area contributed by atoms with Gasteiger partial charge in [0, 0.05) is 30.4 Å². The predicted octanol–water partition coefficient (Wildman–Crippen LogP) is 2.38. The van der Waals surface area contributed by atoms with Crippen molar-refractivity contribution in [3.8, 4) is 5.75 Å². The SMILES string of the molecule is CCCOC(=O)/C=C/C(=O)Oc1cc(F)cc(F)c1. The summed E-state index contributed by atoms with van der Waals surface area (Å²) in [6, 6.07) is 2.35. The Balaban J connectivity index is 2.55. The average Bonchev–Trinajstić information content (AvgIpc) is 2.32. The number of hydrogen-bond acceptors (Lipinski definition) is 4. The van der Waals surface area contributed by atoms with E-state index in [2.05, 4.69) is 9.47 Å². The molecule has 0 N–H and O–H groups in total. The number of halogens is 2. The molecule has 0 spiro atoms. The zero-order chi connectivity index (χ0) is 14.3. The molecule has 1 aromatic rings. The van der Waals surface area contributed by atoms with E-state index in [0.29, 0.717) is 12.5 Å². The fourth-order valence-electron chi connectivity index (χ4n) is 1.12. The molecule has 102 valence electrons. The van der Waals surface area contributed by atoms with Crippen molar-refractivity contribution in [1.82, 2.24) is 0 Å². The monoisotopic (exact) mass is 270 g/mol. The summed E-state index contributed by atoms with van der Waals surface area (Å²) in [7, 11) is 0. The summed E-state index contributed by atoms with van der Waals surface area (Å²) in [5, 5.41) is 0. The summed E-state index contributed by atoms with van der Waals surface area (Å²) in [6.45, 7) is 2.07. The van der Waals surface area contributed by atoms with Crippen LogP contribution in [0.3, 0.4) is 0 Å². The lowest BCUT2D eigenvalue weighted by atomic mass is 10.3. The van der Waals surface area contributed by atoms with E-state index in [4.69, 9.17) is 0 Å². The Morgan fingerprint density at radius 3 is 2.26 bits per heavy atom. The Labute approximate surface area is 108 Å². The van der Waals surface area contributed by atoms with Crippen molar-refractivity contribution in [2.75, 3.05) is 6.61 Å². The topological polar surface area (TPSA) is 52.6 Å². The maximum atomic E-state index is 12.8. The van der Waals surface area contributed by atoms with E-state index < -0.39 is 23.6 Å². The maximum absolute atomic E-state index is 12.8. The van der Waals surface area contributed by atoms with Gasteiger partial charge in [0.05, 0.1) is 6.61 Å². The average molecular weight is 270 g/mol. The molecular formula is C13H12F2O4. The third kappa shape index (κ3) is 5.76. The molecule has 6 heteroatoms. The normalized spacial score (nSPS) is 10.5. The van der Waals surface area contributed by atoms with Crippen molar-refractivity contribution < 1.29 is 27.8 Å². The van der Waals surface area contributed by atoms with Crippen LogP contribution in [0.1, 0.15) is 13.3 Å². The molecule has 0 radical (unpaired) electrons. The highest BCUT2D eigenvalue weighted by atomic mass is 19.1. The quantitative estimate of drug-likeness (QED) is 0.468. The minimum absolute atomic E-state index is 0.243. The van der Waals surface area contributed by atoms with Gasteiger partial charge in [0.2, 0.25) is 0 Å². The van der Waals surface area contributed by atoms with Gasteiger partial charge in [-0.3, -0.25) is 0 Å². The number of carbonyl (C=O) groups excluding carboxylic acids is 2. The van der Waals surface area contributed by atoms with Crippen molar-refractivity contribution in [3.05, 3.63) is 42.0 Å². The van der Waals surface area contributed by atoms with Gasteiger partial charge in [-0.05, 0) is 6.42 Å². The Bertz CT molecular complexity index is 477.